The Balaban J connectivity index is 1.26. The van der Waals surface area contributed by atoms with Crippen LogP contribution in [-0.4, -0.2) is 41.0 Å². The molecule has 1 unspecified atom stereocenters. The van der Waals surface area contributed by atoms with E-state index in [-0.39, 0.29) is 24.2 Å². The quantitative estimate of drug-likeness (QED) is 0.402. The van der Waals surface area contributed by atoms with E-state index < -0.39 is 6.10 Å². The second kappa shape index (κ2) is 12.6. The van der Waals surface area contributed by atoms with Crippen LogP contribution in [0.1, 0.15) is 29.5 Å². The van der Waals surface area contributed by atoms with Gasteiger partial charge in [0.05, 0.1) is 0 Å². The number of aliphatic hydroxyl groups excluding tert-OH is 1. The first-order valence-electron chi connectivity index (χ1n) is 12.3. The molecule has 1 saturated heterocycles. The van der Waals surface area contributed by atoms with Crippen molar-refractivity contribution in [3.63, 3.8) is 0 Å². The fraction of sp³-hybridized carbons (Fsp3) is 0.310. The van der Waals surface area contributed by atoms with Crippen LogP contribution in [0.25, 0.3) is 0 Å². The first kappa shape index (κ1) is 25.7. The second-order valence-corrected chi connectivity index (χ2v) is 9.60. The Morgan fingerprint density at radius 2 is 1.53 bits per heavy atom. The molecule has 7 heteroatoms. The highest BCUT2D eigenvalue weighted by Gasteiger charge is 2.30. The van der Waals surface area contributed by atoms with E-state index in [9.17, 15) is 14.7 Å². The maximum absolute atomic E-state index is 13.0. The molecule has 2 amide bonds. The molecule has 188 valence electrons. The predicted octanol–water partition coefficient (Wildman–Crippen LogP) is 4.41. The summed E-state index contributed by atoms with van der Waals surface area (Å²) in [4.78, 5) is 27.2. The summed E-state index contributed by atoms with van der Waals surface area (Å²) >= 11 is 5.96. The summed E-state index contributed by atoms with van der Waals surface area (Å²) in [7, 11) is 0. The van der Waals surface area contributed by atoms with Crippen molar-refractivity contribution in [2.45, 2.75) is 38.5 Å². The number of aliphatic hydroxyl groups is 1. The summed E-state index contributed by atoms with van der Waals surface area (Å²) in [5, 5.41) is 17.8. The Morgan fingerprint density at radius 3 is 2.25 bits per heavy atom. The van der Waals surface area contributed by atoms with Crippen molar-refractivity contribution in [2.24, 2.45) is 5.92 Å². The van der Waals surface area contributed by atoms with Crippen LogP contribution in [0, 0.1) is 5.92 Å². The van der Waals surface area contributed by atoms with Crippen molar-refractivity contribution in [3.8, 4) is 0 Å². The highest BCUT2D eigenvalue weighted by atomic mass is 35.5. The third kappa shape index (κ3) is 7.09. The van der Waals surface area contributed by atoms with Gasteiger partial charge in [-0.25, -0.2) is 0 Å². The summed E-state index contributed by atoms with van der Waals surface area (Å²) in [6.07, 6.45) is 0.281. The number of hydrogen-bond acceptors (Lipinski definition) is 4. The topological polar surface area (TPSA) is 81.7 Å². The lowest BCUT2D eigenvalue weighted by Gasteiger charge is -2.32. The minimum absolute atomic E-state index is 0.0205. The maximum atomic E-state index is 13.0. The standard InChI is InChI=1S/C29H32ClN3O3/c30-25-12-10-22(11-13-25)19-31-26-9-5-4-8-24(26)18-27(34)29(36)33-16-14-23(15-17-33)28(35)32-20-21-6-2-1-3-7-21/h1-13,23,27,31,34H,14-20H2,(H,32,35). The number of nitrogens with one attached hydrogen (secondary N) is 2. The predicted molar refractivity (Wildman–Crippen MR) is 143 cm³/mol. The second-order valence-electron chi connectivity index (χ2n) is 9.16. The van der Waals surface area contributed by atoms with Gasteiger partial charge in [-0.05, 0) is 47.7 Å². The highest BCUT2D eigenvalue weighted by molar-refractivity contribution is 6.30. The number of benzene rings is 3. The number of halogens is 1. The Hall–Kier alpha value is -3.35. The zero-order chi connectivity index (χ0) is 25.3. The smallest absolute Gasteiger partial charge is 0.251 e. The molecule has 3 aromatic rings. The van der Waals surface area contributed by atoms with E-state index in [1.165, 1.54) is 0 Å². The molecule has 0 bridgehead atoms. The van der Waals surface area contributed by atoms with Gasteiger partial charge < -0.3 is 20.6 Å². The van der Waals surface area contributed by atoms with Gasteiger partial charge in [0, 0.05) is 49.2 Å². The zero-order valence-electron chi connectivity index (χ0n) is 20.2. The number of amides is 2. The Kier molecular flexibility index (Phi) is 8.98. The molecule has 0 aromatic heterocycles. The number of carbonyl (C=O) groups excluding carboxylic acids is 2. The number of para-hydroxylation sites is 1. The summed E-state index contributed by atoms with van der Waals surface area (Å²) in [5.41, 5.74) is 3.90. The van der Waals surface area contributed by atoms with Crippen molar-refractivity contribution in [1.82, 2.24) is 10.2 Å². The summed E-state index contributed by atoms with van der Waals surface area (Å²) in [6.45, 7) is 2.05. The molecule has 1 heterocycles. The van der Waals surface area contributed by atoms with E-state index >= 15 is 0 Å². The third-order valence-corrected chi connectivity index (χ3v) is 6.85. The lowest BCUT2D eigenvalue weighted by Crippen LogP contribution is -2.47. The number of hydrogen-bond donors (Lipinski definition) is 3. The van der Waals surface area contributed by atoms with Gasteiger partial charge in [0.25, 0.3) is 5.91 Å². The lowest BCUT2D eigenvalue weighted by molar-refractivity contribution is -0.143. The molecule has 0 spiro atoms. The first-order chi connectivity index (χ1) is 17.5. The van der Waals surface area contributed by atoms with Gasteiger partial charge in [-0.2, -0.15) is 0 Å². The van der Waals surface area contributed by atoms with Crippen LogP contribution in [0.3, 0.4) is 0 Å². The zero-order valence-corrected chi connectivity index (χ0v) is 21.0. The van der Waals surface area contributed by atoms with Crippen LogP contribution >= 0.6 is 11.6 Å². The van der Waals surface area contributed by atoms with E-state index in [1.807, 2.05) is 78.9 Å². The van der Waals surface area contributed by atoms with Gasteiger partial charge in [-0.15, -0.1) is 0 Å². The van der Waals surface area contributed by atoms with Crippen LogP contribution in [0.15, 0.2) is 78.9 Å². The summed E-state index contributed by atoms with van der Waals surface area (Å²) in [6, 6.07) is 25.1. The Morgan fingerprint density at radius 1 is 0.889 bits per heavy atom. The highest BCUT2D eigenvalue weighted by Crippen LogP contribution is 2.22. The summed E-state index contributed by atoms with van der Waals surface area (Å²) < 4.78 is 0. The maximum Gasteiger partial charge on any atom is 0.251 e. The molecule has 3 aromatic carbocycles. The van der Waals surface area contributed by atoms with Gasteiger partial charge in [0.2, 0.25) is 5.91 Å². The van der Waals surface area contributed by atoms with Crippen molar-refractivity contribution in [1.29, 1.82) is 0 Å². The first-order valence-corrected chi connectivity index (χ1v) is 12.7. The van der Waals surface area contributed by atoms with Gasteiger partial charge >= 0.3 is 0 Å². The van der Waals surface area contributed by atoms with Crippen LogP contribution in [0.5, 0.6) is 0 Å². The molecule has 1 aliphatic rings. The monoisotopic (exact) mass is 505 g/mol. The molecule has 36 heavy (non-hydrogen) atoms. The van der Waals surface area contributed by atoms with E-state index in [1.54, 1.807) is 4.90 Å². The molecular weight excluding hydrogens is 474 g/mol. The molecule has 1 aliphatic heterocycles. The van der Waals surface area contributed by atoms with Gasteiger partial charge in [-0.1, -0.05) is 72.3 Å². The third-order valence-electron chi connectivity index (χ3n) is 6.60. The average molecular weight is 506 g/mol. The normalized spacial score (nSPS) is 14.8. The van der Waals surface area contributed by atoms with Crippen LogP contribution in [-0.2, 0) is 29.1 Å². The number of carbonyl (C=O) groups is 2. The molecule has 0 aliphatic carbocycles. The molecule has 6 nitrogen and oxygen atoms in total. The van der Waals surface area contributed by atoms with Crippen molar-refractivity contribution < 1.29 is 14.7 Å². The number of anilines is 1. The molecule has 1 atom stereocenters. The van der Waals surface area contributed by atoms with E-state index in [4.69, 9.17) is 11.6 Å². The van der Waals surface area contributed by atoms with E-state index in [0.29, 0.717) is 44.0 Å². The number of piperidine rings is 1. The molecule has 4 rings (SSSR count). The molecular formula is C29H32ClN3O3. The number of likely N-dealkylation sites (tertiary alicyclic amines) is 1. The fourth-order valence-corrected chi connectivity index (χ4v) is 4.59. The van der Waals surface area contributed by atoms with Gasteiger partial charge in [0.15, 0.2) is 0 Å². The number of nitrogens with zero attached hydrogens (tertiary/aromatic N) is 1. The van der Waals surface area contributed by atoms with Crippen LogP contribution in [0.2, 0.25) is 5.02 Å². The molecule has 3 N–H and O–H groups in total. The largest absolute Gasteiger partial charge is 0.383 e. The van der Waals surface area contributed by atoms with Crippen molar-refractivity contribution in [2.75, 3.05) is 18.4 Å². The van der Waals surface area contributed by atoms with E-state index in [2.05, 4.69) is 10.6 Å². The van der Waals surface area contributed by atoms with Crippen molar-refractivity contribution in [3.05, 3.63) is 101 Å². The lowest BCUT2D eigenvalue weighted by atomic mass is 9.95. The minimum atomic E-state index is -1.13. The van der Waals surface area contributed by atoms with E-state index in [0.717, 1.165) is 22.4 Å². The fourth-order valence-electron chi connectivity index (χ4n) is 4.47. The average Bonchev–Trinajstić information content (AvgIpc) is 2.92. The Labute approximate surface area is 217 Å². The molecule has 0 radical (unpaired) electrons. The minimum Gasteiger partial charge on any atom is -0.383 e. The molecule has 1 fully saturated rings. The summed E-state index contributed by atoms with van der Waals surface area (Å²) in [5.74, 6) is -0.384. The van der Waals surface area contributed by atoms with Crippen molar-refractivity contribution >= 4 is 29.1 Å². The van der Waals surface area contributed by atoms with Crippen LogP contribution < -0.4 is 10.6 Å². The number of rotatable bonds is 9. The van der Waals surface area contributed by atoms with Gasteiger partial charge in [-0.3, -0.25) is 9.59 Å². The van der Waals surface area contributed by atoms with Crippen LogP contribution in [0.4, 0.5) is 5.69 Å². The SMILES string of the molecule is O=C(NCc1ccccc1)C1CCN(C(=O)C(O)Cc2ccccc2NCc2ccc(Cl)cc2)CC1. The molecule has 0 saturated carbocycles. The Bertz CT molecular complexity index is 1150. The van der Waals surface area contributed by atoms with Gasteiger partial charge in [0.1, 0.15) is 6.10 Å².